The van der Waals surface area contributed by atoms with Crippen LogP contribution in [0.15, 0.2) is 40.9 Å². The van der Waals surface area contributed by atoms with Crippen LogP contribution in [0.3, 0.4) is 0 Å². The van der Waals surface area contributed by atoms with Crippen LogP contribution in [-0.4, -0.2) is 41.9 Å². The summed E-state index contributed by atoms with van der Waals surface area (Å²) in [5.74, 6) is -1.05. The molecule has 7 heteroatoms. The van der Waals surface area contributed by atoms with E-state index in [9.17, 15) is 14.4 Å². The van der Waals surface area contributed by atoms with Crippen molar-refractivity contribution in [1.82, 2.24) is 4.90 Å². The predicted molar refractivity (Wildman–Crippen MR) is 108 cm³/mol. The molecule has 144 valence electrons. The summed E-state index contributed by atoms with van der Waals surface area (Å²) in [5, 5.41) is 2.83. The molecule has 2 heterocycles. The first-order valence-electron chi connectivity index (χ1n) is 9.13. The first-order chi connectivity index (χ1) is 13.4. The van der Waals surface area contributed by atoms with Crippen LogP contribution in [0, 0.1) is 6.92 Å². The van der Waals surface area contributed by atoms with Crippen LogP contribution >= 0.6 is 15.9 Å². The number of imide groups is 1. The highest BCUT2D eigenvalue weighted by Crippen LogP contribution is 2.27. The van der Waals surface area contributed by atoms with Crippen LogP contribution in [0.2, 0.25) is 0 Å². The molecule has 6 nitrogen and oxygen atoms in total. The standard InChI is InChI=1S/C21H19BrN2O4/c1-12-4-7-18(17(22)9-12)23-19(25)13-5-6-15-16(10-13)21(27)24(20(15)26)11-14-3-2-8-28-14/h4-7,9-10,14H,2-3,8,11H2,1H3,(H,23,25). The molecule has 0 spiro atoms. The maximum Gasteiger partial charge on any atom is 0.261 e. The number of rotatable bonds is 4. The molecule has 1 atom stereocenters. The minimum absolute atomic E-state index is 0.108. The lowest BCUT2D eigenvalue weighted by Crippen LogP contribution is -2.36. The minimum Gasteiger partial charge on any atom is -0.376 e. The molecule has 2 aliphatic heterocycles. The highest BCUT2D eigenvalue weighted by molar-refractivity contribution is 9.10. The number of hydrogen-bond acceptors (Lipinski definition) is 4. The molecule has 2 aliphatic rings. The second-order valence-corrected chi connectivity index (χ2v) is 7.91. The number of anilines is 1. The molecule has 1 fully saturated rings. The number of carbonyl (C=O) groups is 3. The fourth-order valence-corrected chi connectivity index (χ4v) is 4.10. The van der Waals surface area contributed by atoms with Gasteiger partial charge in [-0.2, -0.15) is 0 Å². The number of aryl methyl sites for hydroxylation is 1. The molecule has 2 aromatic rings. The molecule has 0 bridgehead atoms. The number of hydrogen-bond donors (Lipinski definition) is 1. The predicted octanol–water partition coefficient (Wildman–Crippen LogP) is 3.78. The van der Waals surface area contributed by atoms with E-state index < -0.39 is 0 Å². The number of ether oxygens (including phenoxy) is 1. The fraction of sp³-hybridized carbons (Fsp3) is 0.286. The van der Waals surface area contributed by atoms with E-state index in [4.69, 9.17) is 4.74 Å². The Morgan fingerprint density at radius 3 is 2.68 bits per heavy atom. The maximum atomic E-state index is 12.7. The van der Waals surface area contributed by atoms with Gasteiger partial charge in [-0.15, -0.1) is 0 Å². The van der Waals surface area contributed by atoms with Crippen molar-refractivity contribution in [2.45, 2.75) is 25.9 Å². The Bertz CT molecular complexity index is 982. The summed E-state index contributed by atoms with van der Waals surface area (Å²) in [7, 11) is 0. The van der Waals surface area contributed by atoms with Crippen LogP contribution in [0.1, 0.15) is 49.5 Å². The molecular formula is C21H19BrN2O4. The molecule has 3 amide bonds. The van der Waals surface area contributed by atoms with Crippen molar-refractivity contribution in [3.63, 3.8) is 0 Å². The Morgan fingerprint density at radius 2 is 1.96 bits per heavy atom. The average molecular weight is 443 g/mol. The summed E-state index contributed by atoms with van der Waals surface area (Å²) >= 11 is 3.43. The van der Waals surface area contributed by atoms with Gasteiger partial charge in [-0.05, 0) is 71.6 Å². The van der Waals surface area contributed by atoms with Gasteiger partial charge in [0.05, 0.1) is 29.5 Å². The van der Waals surface area contributed by atoms with Crippen molar-refractivity contribution >= 4 is 39.3 Å². The van der Waals surface area contributed by atoms with Gasteiger partial charge in [0.25, 0.3) is 17.7 Å². The lowest BCUT2D eigenvalue weighted by atomic mass is 10.1. The van der Waals surface area contributed by atoms with Crippen molar-refractivity contribution in [2.75, 3.05) is 18.5 Å². The summed E-state index contributed by atoms with van der Waals surface area (Å²) in [6, 6.07) is 10.2. The molecule has 28 heavy (non-hydrogen) atoms. The molecule has 0 aliphatic carbocycles. The lowest BCUT2D eigenvalue weighted by molar-refractivity contribution is 0.0475. The van der Waals surface area contributed by atoms with Crippen molar-refractivity contribution in [2.24, 2.45) is 0 Å². The largest absolute Gasteiger partial charge is 0.376 e. The molecule has 1 N–H and O–H groups in total. The molecule has 4 rings (SSSR count). The van der Waals surface area contributed by atoms with E-state index in [1.807, 2.05) is 25.1 Å². The van der Waals surface area contributed by atoms with E-state index in [1.54, 1.807) is 12.1 Å². The van der Waals surface area contributed by atoms with E-state index in [-0.39, 0.29) is 35.9 Å². The van der Waals surface area contributed by atoms with Crippen LogP contribution < -0.4 is 5.32 Å². The van der Waals surface area contributed by atoms with E-state index in [1.165, 1.54) is 11.0 Å². The smallest absolute Gasteiger partial charge is 0.261 e. The zero-order valence-corrected chi connectivity index (χ0v) is 16.9. The van der Waals surface area contributed by atoms with Crippen LogP contribution in [0.25, 0.3) is 0 Å². The van der Waals surface area contributed by atoms with Crippen LogP contribution in [-0.2, 0) is 4.74 Å². The summed E-state index contributed by atoms with van der Waals surface area (Å²) in [6.07, 6.45) is 1.67. The van der Waals surface area contributed by atoms with Gasteiger partial charge < -0.3 is 10.1 Å². The molecule has 0 saturated carbocycles. The molecule has 1 saturated heterocycles. The number of nitrogens with zero attached hydrogens (tertiary/aromatic N) is 1. The van der Waals surface area contributed by atoms with E-state index in [2.05, 4.69) is 21.2 Å². The average Bonchev–Trinajstić information content (AvgIpc) is 3.27. The van der Waals surface area contributed by atoms with Gasteiger partial charge in [0.1, 0.15) is 0 Å². The van der Waals surface area contributed by atoms with E-state index >= 15 is 0 Å². The van der Waals surface area contributed by atoms with Gasteiger partial charge in [0, 0.05) is 16.6 Å². The highest BCUT2D eigenvalue weighted by atomic mass is 79.9. The Morgan fingerprint density at radius 1 is 1.18 bits per heavy atom. The third kappa shape index (κ3) is 3.47. The summed E-state index contributed by atoms with van der Waals surface area (Å²) < 4.78 is 6.32. The number of halogens is 1. The van der Waals surface area contributed by atoms with Crippen molar-refractivity contribution < 1.29 is 19.1 Å². The Hall–Kier alpha value is -2.51. The topological polar surface area (TPSA) is 75.7 Å². The zero-order chi connectivity index (χ0) is 19.8. The Kier molecular flexibility index (Phi) is 5.03. The van der Waals surface area contributed by atoms with Gasteiger partial charge in [0.15, 0.2) is 0 Å². The molecule has 0 aromatic heterocycles. The summed E-state index contributed by atoms with van der Waals surface area (Å²) in [6.45, 7) is 2.87. The van der Waals surface area contributed by atoms with Gasteiger partial charge in [-0.3, -0.25) is 19.3 Å². The van der Waals surface area contributed by atoms with Crippen molar-refractivity contribution in [3.8, 4) is 0 Å². The second-order valence-electron chi connectivity index (χ2n) is 7.05. The third-order valence-corrected chi connectivity index (χ3v) is 5.67. The lowest BCUT2D eigenvalue weighted by Gasteiger charge is -2.17. The Balaban J connectivity index is 1.54. The third-order valence-electron chi connectivity index (χ3n) is 5.02. The van der Waals surface area contributed by atoms with E-state index in [0.29, 0.717) is 23.4 Å². The zero-order valence-electron chi connectivity index (χ0n) is 15.3. The number of amides is 3. The van der Waals surface area contributed by atoms with Crippen molar-refractivity contribution in [3.05, 3.63) is 63.1 Å². The second kappa shape index (κ2) is 7.48. The minimum atomic E-state index is -0.373. The van der Waals surface area contributed by atoms with Gasteiger partial charge in [-0.1, -0.05) is 6.07 Å². The molecular weight excluding hydrogens is 424 g/mol. The molecule has 1 unspecified atom stereocenters. The fourth-order valence-electron chi connectivity index (χ4n) is 3.51. The number of carbonyl (C=O) groups excluding carboxylic acids is 3. The normalized spacial score (nSPS) is 18.5. The number of nitrogens with one attached hydrogen (secondary N) is 1. The summed E-state index contributed by atoms with van der Waals surface area (Å²) in [4.78, 5) is 39.2. The van der Waals surface area contributed by atoms with Crippen molar-refractivity contribution in [1.29, 1.82) is 0 Å². The SMILES string of the molecule is Cc1ccc(NC(=O)c2ccc3c(c2)C(=O)N(CC2CCCO2)C3=O)c(Br)c1. The van der Waals surface area contributed by atoms with Gasteiger partial charge in [0.2, 0.25) is 0 Å². The Labute approximate surface area is 171 Å². The quantitative estimate of drug-likeness (QED) is 0.730. The molecule has 2 aromatic carbocycles. The monoisotopic (exact) mass is 442 g/mol. The van der Waals surface area contributed by atoms with Crippen LogP contribution in [0.5, 0.6) is 0 Å². The maximum absolute atomic E-state index is 12.7. The summed E-state index contributed by atoms with van der Waals surface area (Å²) in [5.41, 5.74) is 2.62. The number of fused-ring (bicyclic) bond motifs is 1. The first kappa shape index (κ1) is 18.8. The van der Waals surface area contributed by atoms with Gasteiger partial charge in [-0.25, -0.2) is 0 Å². The van der Waals surface area contributed by atoms with E-state index in [0.717, 1.165) is 22.9 Å². The number of benzene rings is 2. The molecule has 0 radical (unpaired) electrons. The highest BCUT2D eigenvalue weighted by Gasteiger charge is 2.37. The van der Waals surface area contributed by atoms with Gasteiger partial charge >= 0.3 is 0 Å². The van der Waals surface area contributed by atoms with Crippen LogP contribution in [0.4, 0.5) is 5.69 Å². The first-order valence-corrected chi connectivity index (χ1v) is 9.92.